The number of aliphatic hydroxyl groups excluding tert-OH is 1. The van der Waals surface area contributed by atoms with Gasteiger partial charge in [-0.1, -0.05) is 18.2 Å². The number of aliphatic hydroxyl groups is 1. The molecule has 1 fully saturated rings. The third-order valence-electron chi connectivity index (χ3n) is 4.94. The minimum atomic E-state index is -2.40. The molecule has 2 aromatic carbocycles. The Morgan fingerprint density at radius 2 is 1.39 bits per heavy atom. The lowest BCUT2D eigenvalue weighted by Crippen LogP contribution is -2.56. The average Bonchev–Trinajstić information content (AvgIpc) is 2.80. The summed E-state index contributed by atoms with van der Waals surface area (Å²) in [7, 11) is 0. The number of carbonyl (C=O) groups is 2. The normalized spacial score (nSPS) is 15.0. The molecule has 1 aliphatic heterocycles. The van der Waals surface area contributed by atoms with Crippen molar-refractivity contribution in [1.29, 1.82) is 0 Å². The highest BCUT2D eigenvalue weighted by Crippen LogP contribution is 2.23. The second-order valence-corrected chi connectivity index (χ2v) is 6.80. The van der Waals surface area contributed by atoms with Gasteiger partial charge in [0.2, 0.25) is 11.7 Å². The Hall–Kier alpha value is -3.21. The number of nitrogens with one attached hydrogen (secondary N) is 1. The van der Waals surface area contributed by atoms with E-state index >= 15 is 0 Å². The molecule has 2 N–H and O–H groups in total. The maximum atomic E-state index is 13.8. The van der Waals surface area contributed by atoms with E-state index < -0.39 is 59.1 Å². The van der Waals surface area contributed by atoms with Gasteiger partial charge in [-0.05, 0) is 12.1 Å². The molecular weight excluding hydrogens is 425 g/mol. The van der Waals surface area contributed by atoms with E-state index in [0.29, 0.717) is 13.1 Å². The van der Waals surface area contributed by atoms with Crippen LogP contribution in [0.5, 0.6) is 0 Å². The molecule has 31 heavy (non-hydrogen) atoms. The molecule has 3 rings (SSSR count). The number of para-hydroxylation sites is 1. The molecule has 11 heteroatoms. The summed E-state index contributed by atoms with van der Waals surface area (Å²) in [6, 6.07) is 7.78. The van der Waals surface area contributed by atoms with Crippen LogP contribution in [0.25, 0.3) is 0 Å². The Balaban J connectivity index is 1.69. The summed E-state index contributed by atoms with van der Waals surface area (Å²) < 4.78 is 67.5. The predicted molar refractivity (Wildman–Crippen MR) is 99.8 cm³/mol. The SMILES string of the molecule is O=C(NC(CO)C(=O)N1CCN(c2ccccc2)CC1)c1c(F)c(F)c(F)c(F)c1F. The first-order valence-corrected chi connectivity index (χ1v) is 9.28. The second kappa shape index (κ2) is 9.29. The largest absolute Gasteiger partial charge is 0.394 e. The molecule has 1 saturated heterocycles. The first-order chi connectivity index (χ1) is 14.8. The van der Waals surface area contributed by atoms with Crippen LogP contribution < -0.4 is 10.2 Å². The molecule has 2 amide bonds. The minimum absolute atomic E-state index is 0.239. The van der Waals surface area contributed by atoms with Crippen molar-refractivity contribution < 1.29 is 36.6 Å². The van der Waals surface area contributed by atoms with Crippen LogP contribution in [0.15, 0.2) is 30.3 Å². The third-order valence-corrected chi connectivity index (χ3v) is 4.94. The fourth-order valence-electron chi connectivity index (χ4n) is 3.26. The van der Waals surface area contributed by atoms with Crippen molar-refractivity contribution in [3.8, 4) is 0 Å². The van der Waals surface area contributed by atoms with Crippen molar-refractivity contribution >= 4 is 17.5 Å². The lowest BCUT2D eigenvalue weighted by molar-refractivity contribution is -0.134. The third kappa shape index (κ3) is 4.46. The summed E-state index contributed by atoms with van der Waals surface area (Å²) in [5.74, 6) is -14.1. The fraction of sp³-hybridized carbons (Fsp3) is 0.300. The van der Waals surface area contributed by atoms with Crippen LogP contribution in [0, 0.1) is 29.1 Å². The molecule has 1 heterocycles. The number of halogens is 5. The molecule has 0 bridgehead atoms. The number of piperazine rings is 1. The van der Waals surface area contributed by atoms with Gasteiger partial charge in [-0.15, -0.1) is 0 Å². The van der Waals surface area contributed by atoms with E-state index in [1.165, 1.54) is 4.90 Å². The Morgan fingerprint density at radius 3 is 1.90 bits per heavy atom. The standard InChI is InChI=1S/C20H18F5N3O3/c21-14-13(15(22)17(24)18(25)16(14)23)19(30)26-12(10-29)20(31)28-8-6-27(7-9-28)11-4-2-1-3-5-11/h1-5,12,29H,6-10H2,(H,26,30). The van der Waals surface area contributed by atoms with Gasteiger partial charge in [0, 0.05) is 31.9 Å². The van der Waals surface area contributed by atoms with Crippen LogP contribution in [-0.4, -0.2) is 60.6 Å². The Kier molecular flexibility index (Phi) is 6.74. The number of hydrogen-bond donors (Lipinski definition) is 2. The number of carbonyl (C=O) groups excluding carboxylic acids is 2. The predicted octanol–water partition coefficient (Wildman–Crippen LogP) is 1.82. The van der Waals surface area contributed by atoms with Crippen LogP contribution in [-0.2, 0) is 4.79 Å². The highest BCUT2D eigenvalue weighted by Gasteiger charge is 2.33. The van der Waals surface area contributed by atoms with Gasteiger partial charge in [-0.2, -0.15) is 0 Å². The summed E-state index contributed by atoms with van der Waals surface area (Å²) in [5.41, 5.74) is -0.774. The molecule has 2 aromatic rings. The smallest absolute Gasteiger partial charge is 0.258 e. The Labute approximate surface area is 173 Å². The number of anilines is 1. The maximum absolute atomic E-state index is 13.8. The van der Waals surface area contributed by atoms with E-state index in [2.05, 4.69) is 0 Å². The molecule has 1 unspecified atom stereocenters. The fourth-order valence-corrected chi connectivity index (χ4v) is 3.26. The maximum Gasteiger partial charge on any atom is 0.258 e. The van der Waals surface area contributed by atoms with Crippen molar-refractivity contribution in [3.05, 3.63) is 65.0 Å². The zero-order valence-electron chi connectivity index (χ0n) is 16.0. The van der Waals surface area contributed by atoms with Gasteiger partial charge in [0.1, 0.15) is 11.6 Å². The first-order valence-electron chi connectivity index (χ1n) is 9.28. The van der Waals surface area contributed by atoms with E-state index in [-0.39, 0.29) is 13.1 Å². The van der Waals surface area contributed by atoms with E-state index in [0.717, 1.165) is 5.69 Å². The number of benzene rings is 2. The monoisotopic (exact) mass is 443 g/mol. The molecule has 166 valence electrons. The van der Waals surface area contributed by atoms with Gasteiger partial charge in [-0.3, -0.25) is 9.59 Å². The minimum Gasteiger partial charge on any atom is -0.394 e. The number of amides is 2. The lowest BCUT2D eigenvalue weighted by Gasteiger charge is -2.37. The zero-order valence-corrected chi connectivity index (χ0v) is 16.0. The zero-order chi connectivity index (χ0) is 22.7. The summed E-state index contributed by atoms with van der Waals surface area (Å²) in [6.07, 6.45) is 0. The topological polar surface area (TPSA) is 72.9 Å². The Morgan fingerprint density at radius 1 is 0.871 bits per heavy atom. The molecule has 0 spiro atoms. The summed E-state index contributed by atoms with van der Waals surface area (Å²) in [4.78, 5) is 28.1. The summed E-state index contributed by atoms with van der Waals surface area (Å²) in [6.45, 7) is 0.461. The Bertz CT molecular complexity index is 953. The highest BCUT2D eigenvalue weighted by molar-refractivity contribution is 5.98. The molecule has 0 saturated carbocycles. The summed E-state index contributed by atoms with van der Waals surface area (Å²) >= 11 is 0. The van der Waals surface area contributed by atoms with Crippen molar-refractivity contribution in [2.75, 3.05) is 37.7 Å². The molecule has 0 aromatic heterocycles. The van der Waals surface area contributed by atoms with Gasteiger partial charge in [0.15, 0.2) is 23.3 Å². The van der Waals surface area contributed by atoms with Crippen molar-refractivity contribution in [3.63, 3.8) is 0 Å². The van der Waals surface area contributed by atoms with Crippen molar-refractivity contribution in [2.45, 2.75) is 6.04 Å². The number of nitrogens with zero attached hydrogens (tertiary/aromatic N) is 2. The highest BCUT2D eigenvalue weighted by atomic mass is 19.2. The molecule has 0 aliphatic carbocycles. The number of rotatable bonds is 5. The molecule has 6 nitrogen and oxygen atoms in total. The van der Waals surface area contributed by atoms with Crippen LogP contribution >= 0.6 is 0 Å². The van der Waals surface area contributed by atoms with Crippen molar-refractivity contribution in [2.24, 2.45) is 0 Å². The number of hydrogen-bond acceptors (Lipinski definition) is 4. The summed E-state index contributed by atoms with van der Waals surface area (Å²) in [5, 5.41) is 11.3. The first kappa shape index (κ1) is 22.5. The van der Waals surface area contributed by atoms with E-state index in [1.807, 2.05) is 40.5 Å². The van der Waals surface area contributed by atoms with Gasteiger partial charge >= 0.3 is 0 Å². The van der Waals surface area contributed by atoms with Crippen LogP contribution in [0.4, 0.5) is 27.6 Å². The van der Waals surface area contributed by atoms with E-state index in [9.17, 15) is 36.6 Å². The lowest BCUT2D eigenvalue weighted by atomic mass is 10.1. The molecule has 1 aliphatic rings. The quantitative estimate of drug-likeness (QED) is 0.420. The molecule has 0 radical (unpaired) electrons. The van der Waals surface area contributed by atoms with Gasteiger partial charge in [0.25, 0.3) is 5.91 Å². The van der Waals surface area contributed by atoms with Crippen LogP contribution in [0.2, 0.25) is 0 Å². The molecule has 1 atom stereocenters. The van der Waals surface area contributed by atoms with Crippen LogP contribution in [0.1, 0.15) is 10.4 Å². The van der Waals surface area contributed by atoms with Crippen LogP contribution in [0.3, 0.4) is 0 Å². The van der Waals surface area contributed by atoms with Gasteiger partial charge in [0.05, 0.1) is 6.61 Å². The molecular formula is C20H18F5N3O3. The van der Waals surface area contributed by atoms with E-state index in [4.69, 9.17) is 0 Å². The van der Waals surface area contributed by atoms with Gasteiger partial charge < -0.3 is 20.2 Å². The van der Waals surface area contributed by atoms with Gasteiger partial charge in [-0.25, -0.2) is 22.0 Å². The average molecular weight is 443 g/mol. The van der Waals surface area contributed by atoms with E-state index in [1.54, 1.807) is 0 Å². The second-order valence-electron chi connectivity index (χ2n) is 6.80. The van der Waals surface area contributed by atoms with Crippen molar-refractivity contribution in [1.82, 2.24) is 10.2 Å².